The highest BCUT2D eigenvalue weighted by Crippen LogP contribution is 2.31. The zero-order valence-corrected chi connectivity index (χ0v) is 11.7. The Morgan fingerprint density at radius 2 is 1.79 bits per heavy atom. The van der Waals surface area contributed by atoms with Crippen LogP contribution < -0.4 is 5.32 Å². The van der Waals surface area contributed by atoms with Crippen LogP contribution in [0.2, 0.25) is 5.02 Å². The molecule has 1 saturated carbocycles. The molecule has 2 N–H and O–H groups in total. The maximum absolute atomic E-state index is 11.7. The number of benzene rings is 1. The molecule has 1 aliphatic carbocycles. The standard InChI is InChI=1S/C15H20ClNO2/c16-12-7-6-8-13(11-12)17-15(14(18)19)9-4-2-1-3-5-10-15/h6-8,11,17H,1-5,9-10H2,(H,18,19). The van der Waals surface area contributed by atoms with Gasteiger partial charge in [0, 0.05) is 10.7 Å². The highest BCUT2D eigenvalue weighted by molar-refractivity contribution is 6.30. The number of halogens is 1. The number of hydrogen-bond acceptors (Lipinski definition) is 2. The Bertz CT molecular complexity index is 440. The van der Waals surface area contributed by atoms with Gasteiger partial charge < -0.3 is 10.4 Å². The van der Waals surface area contributed by atoms with Crippen LogP contribution in [0.1, 0.15) is 44.9 Å². The second kappa shape index (κ2) is 6.29. The van der Waals surface area contributed by atoms with E-state index in [0.29, 0.717) is 17.9 Å². The topological polar surface area (TPSA) is 49.3 Å². The molecule has 0 saturated heterocycles. The molecule has 0 spiro atoms. The van der Waals surface area contributed by atoms with Crippen molar-refractivity contribution in [3.05, 3.63) is 29.3 Å². The molecule has 0 aromatic heterocycles. The maximum atomic E-state index is 11.7. The molecule has 3 nitrogen and oxygen atoms in total. The average Bonchev–Trinajstić information content (AvgIpc) is 2.32. The maximum Gasteiger partial charge on any atom is 0.329 e. The number of hydrogen-bond donors (Lipinski definition) is 2. The van der Waals surface area contributed by atoms with Crippen LogP contribution in [-0.2, 0) is 4.79 Å². The normalized spacial score (nSPS) is 19.2. The first-order valence-electron chi connectivity index (χ1n) is 6.90. The first kappa shape index (κ1) is 14.2. The van der Waals surface area contributed by atoms with E-state index >= 15 is 0 Å². The molecule has 0 unspecified atom stereocenters. The summed E-state index contributed by atoms with van der Waals surface area (Å²) >= 11 is 5.96. The van der Waals surface area contributed by atoms with Crippen molar-refractivity contribution in [2.24, 2.45) is 0 Å². The van der Waals surface area contributed by atoms with E-state index < -0.39 is 11.5 Å². The van der Waals surface area contributed by atoms with Crippen LogP contribution in [0.3, 0.4) is 0 Å². The highest BCUT2D eigenvalue weighted by atomic mass is 35.5. The summed E-state index contributed by atoms with van der Waals surface area (Å²) in [5.41, 5.74) is -0.0547. The second-order valence-electron chi connectivity index (χ2n) is 5.29. The molecule has 0 heterocycles. The predicted molar refractivity (Wildman–Crippen MR) is 77.8 cm³/mol. The lowest BCUT2D eigenvalue weighted by atomic mass is 9.83. The largest absolute Gasteiger partial charge is 0.480 e. The molecule has 1 aliphatic rings. The van der Waals surface area contributed by atoms with Gasteiger partial charge in [-0.2, -0.15) is 0 Å². The van der Waals surface area contributed by atoms with Crippen LogP contribution >= 0.6 is 11.6 Å². The SMILES string of the molecule is O=C(O)C1(Nc2cccc(Cl)c2)CCCCCCC1. The monoisotopic (exact) mass is 281 g/mol. The van der Waals surface area contributed by atoms with E-state index in [0.717, 1.165) is 31.4 Å². The number of carboxylic acids is 1. The van der Waals surface area contributed by atoms with E-state index in [4.69, 9.17) is 11.6 Å². The zero-order chi connectivity index (χ0) is 13.7. The zero-order valence-electron chi connectivity index (χ0n) is 11.0. The number of carbonyl (C=O) groups is 1. The molecule has 104 valence electrons. The van der Waals surface area contributed by atoms with Crippen molar-refractivity contribution in [2.45, 2.75) is 50.5 Å². The number of nitrogens with one attached hydrogen (secondary N) is 1. The van der Waals surface area contributed by atoms with Crippen molar-refractivity contribution in [3.8, 4) is 0 Å². The molecule has 1 fully saturated rings. The molecule has 0 amide bonds. The van der Waals surface area contributed by atoms with Gasteiger partial charge >= 0.3 is 5.97 Å². The summed E-state index contributed by atoms with van der Waals surface area (Å²) in [5, 5.41) is 13.5. The van der Waals surface area contributed by atoms with Gasteiger partial charge in [-0.05, 0) is 31.0 Å². The summed E-state index contributed by atoms with van der Waals surface area (Å²) in [6, 6.07) is 7.28. The molecule has 1 aromatic carbocycles. The summed E-state index contributed by atoms with van der Waals surface area (Å²) in [6.07, 6.45) is 6.72. The van der Waals surface area contributed by atoms with E-state index in [1.807, 2.05) is 12.1 Å². The van der Waals surface area contributed by atoms with Gasteiger partial charge in [-0.25, -0.2) is 4.79 Å². The number of carboxylic acid groups (broad SMARTS) is 1. The third-order valence-electron chi connectivity index (χ3n) is 3.82. The Morgan fingerprint density at radius 3 is 2.37 bits per heavy atom. The molecule has 19 heavy (non-hydrogen) atoms. The average molecular weight is 282 g/mol. The van der Waals surface area contributed by atoms with Gasteiger partial charge in [-0.15, -0.1) is 0 Å². The fourth-order valence-electron chi connectivity index (χ4n) is 2.74. The molecular formula is C15H20ClNO2. The third-order valence-corrected chi connectivity index (χ3v) is 4.06. The molecule has 0 radical (unpaired) electrons. The Balaban J connectivity index is 2.20. The third kappa shape index (κ3) is 3.63. The first-order valence-corrected chi connectivity index (χ1v) is 7.27. The second-order valence-corrected chi connectivity index (χ2v) is 5.73. The molecule has 0 aliphatic heterocycles. The molecule has 4 heteroatoms. The summed E-state index contributed by atoms with van der Waals surface area (Å²) in [5.74, 6) is -0.755. The van der Waals surface area contributed by atoms with Gasteiger partial charge in [0.1, 0.15) is 5.54 Å². The Hall–Kier alpha value is -1.22. The van der Waals surface area contributed by atoms with E-state index in [9.17, 15) is 9.90 Å². The molecule has 2 rings (SSSR count). The van der Waals surface area contributed by atoms with Crippen LogP contribution in [0.15, 0.2) is 24.3 Å². The molecule has 1 aromatic rings. The lowest BCUT2D eigenvalue weighted by Gasteiger charge is -2.33. The van der Waals surface area contributed by atoms with Crippen LogP contribution in [-0.4, -0.2) is 16.6 Å². The van der Waals surface area contributed by atoms with Crippen LogP contribution in [0.4, 0.5) is 5.69 Å². The van der Waals surface area contributed by atoms with E-state index in [1.165, 1.54) is 6.42 Å². The van der Waals surface area contributed by atoms with E-state index in [1.54, 1.807) is 12.1 Å². The van der Waals surface area contributed by atoms with E-state index in [2.05, 4.69) is 5.32 Å². The van der Waals surface area contributed by atoms with Gasteiger partial charge in [-0.1, -0.05) is 49.8 Å². The summed E-state index contributed by atoms with van der Waals surface area (Å²) in [7, 11) is 0. The van der Waals surface area contributed by atoms with Gasteiger partial charge in [0.2, 0.25) is 0 Å². The van der Waals surface area contributed by atoms with Gasteiger partial charge in [0.05, 0.1) is 0 Å². The van der Waals surface area contributed by atoms with Crippen LogP contribution in [0.25, 0.3) is 0 Å². The van der Waals surface area contributed by atoms with Gasteiger partial charge in [0.15, 0.2) is 0 Å². The van der Waals surface area contributed by atoms with Gasteiger partial charge in [-0.3, -0.25) is 0 Å². The molecule has 0 atom stereocenters. The molecule has 0 bridgehead atoms. The van der Waals surface area contributed by atoms with Gasteiger partial charge in [0.25, 0.3) is 0 Å². The van der Waals surface area contributed by atoms with Crippen molar-refractivity contribution in [1.82, 2.24) is 0 Å². The minimum atomic E-state index is -0.842. The lowest BCUT2D eigenvalue weighted by molar-refractivity contribution is -0.143. The first-order chi connectivity index (χ1) is 9.12. The summed E-state index contributed by atoms with van der Waals surface area (Å²) < 4.78 is 0. The fourth-order valence-corrected chi connectivity index (χ4v) is 2.93. The lowest BCUT2D eigenvalue weighted by Crippen LogP contribution is -2.46. The Kier molecular flexibility index (Phi) is 4.70. The Labute approximate surface area is 119 Å². The summed E-state index contributed by atoms with van der Waals surface area (Å²) in [6.45, 7) is 0. The van der Waals surface area contributed by atoms with Crippen LogP contribution in [0.5, 0.6) is 0 Å². The minimum Gasteiger partial charge on any atom is -0.480 e. The number of aliphatic carboxylic acids is 1. The number of rotatable bonds is 3. The summed E-state index contributed by atoms with van der Waals surface area (Å²) in [4.78, 5) is 11.7. The van der Waals surface area contributed by atoms with Crippen molar-refractivity contribution in [2.75, 3.05) is 5.32 Å². The van der Waals surface area contributed by atoms with Crippen molar-refractivity contribution >= 4 is 23.3 Å². The predicted octanol–water partition coefficient (Wildman–Crippen LogP) is 4.32. The molecular weight excluding hydrogens is 262 g/mol. The van der Waals surface area contributed by atoms with Crippen molar-refractivity contribution in [1.29, 1.82) is 0 Å². The smallest absolute Gasteiger partial charge is 0.329 e. The van der Waals surface area contributed by atoms with E-state index in [-0.39, 0.29) is 0 Å². The van der Waals surface area contributed by atoms with Crippen molar-refractivity contribution < 1.29 is 9.90 Å². The number of anilines is 1. The Morgan fingerprint density at radius 1 is 1.16 bits per heavy atom. The quantitative estimate of drug-likeness (QED) is 0.867. The highest BCUT2D eigenvalue weighted by Gasteiger charge is 2.37. The van der Waals surface area contributed by atoms with Crippen molar-refractivity contribution in [3.63, 3.8) is 0 Å². The minimum absolute atomic E-state index is 0.622. The fraction of sp³-hybridized carbons (Fsp3) is 0.533. The van der Waals surface area contributed by atoms with Crippen LogP contribution in [0, 0.1) is 0 Å².